The largest absolute Gasteiger partial charge is 0.494 e. The molecule has 0 unspecified atom stereocenters. The first-order valence-electron chi connectivity index (χ1n) is 8.57. The van der Waals surface area contributed by atoms with Crippen LogP contribution in [0.4, 0.5) is 5.69 Å². The molecule has 2 N–H and O–H groups in total. The molecule has 3 nitrogen and oxygen atoms in total. The van der Waals surface area contributed by atoms with E-state index < -0.39 is 0 Å². The Labute approximate surface area is 136 Å². The number of anilines is 1. The van der Waals surface area contributed by atoms with Gasteiger partial charge >= 0.3 is 0 Å². The normalized spacial score (nSPS) is 10.9. The smallest absolute Gasteiger partial charge is 0.119 e. The molecule has 0 heterocycles. The second-order valence-corrected chi connectivity index (χ2v) is 5.80. The van der Waals surface area contributed by atoms with Gasteiger partial charge < -0.3 is 15.4 Å². The number of unbranched alkanes of at least 4 members (excludes halogenated alkanes) is 2. The molecule has 1 aromatic carbocycles. The minimum Gasteiger partial charge on any atom is -0.494 e. The van der Waals surface area contributed by atoms with Crippen LogP contribution in [0.3, 0.4) is 0 Å². The lowest BCUT2D eigenvalue weighted by Crippen LogP contribution is -2.27. The molecule has 1 rings (SSSR count). The Morgan fingerprint density at radius 3 is 2.09 bits per heavy atom. The Bertz CT molecular complexity index is 406. The fourth-order valence-electron chi connectivity index (χ4n) is 2.33. The quantitative estimate of drug-likeness (QED) is 0.350. The van der Waals surface area contributed by atoms with E-state index in [4.69, 9.17) is 10.5 Å². The maximum Gasteiger partial charge on any atom is 0.119 e. The molecule has 0 aliphatic heterocycles. The van der Waals surface area contributed by atoms with Crippen LogP contribution in [0.5, 0.6) is 0 Å². The molecule has 0 amide bonds. The molecule has 0 aromatic heterocycles. The van der Waals surface area contributed by atoms with Crippen LogP contribution in [-0.2, 0) is 4.74 Å². The number of benzene rings is 1. The first-order valence-corrected chi connectivity index (χ1v) is 8.57. The monoisotopic (exact) mass is 304 g/mol. The number of hydrogen-bond acceptors (Lipinski definition) is 3. The molecule has 0 spiro atoms. The molecule has 0 atom stereocenters. The van der Waals surface area contributed by atoms with Gasteiger partial charge in [-0.15, -0.1) is 0 Å². The summed E-state index contributed by atoms with van der Waals surface area (Å²) in [4.78, 5) is 2.56. The summed E-state index contributed by atoms with van der Waals surface area (Å²) in [6.45, 7) is 12.7. The predicted octanol–water partition coefficient (Wildman–Crippen LogP) is 4.55. The number of nitrogens with two attached hydrogens (primary N) is 1. The zero-order valence-corrected chi connectivity index (χ0v) is 14.3. The third kappa shape index (κ3) is 7.51. The molecular formula is C19H32N2O. The SMILES string of the molecule is C=C(OCCCN(CCCC)CCCC)c1ccc(N)cc1. The maximum atomic E-state index is 5.77. The summed E-state index contributed by atoms with van der Waals surface area (Å²) in [6.07, 6.45) is 6.12. The van der Waals surface area contributed by atoms with Crippen molar-refractivity contribution in [2.45, 2.75) is 46.0 Å². The summed E-state index contributed by atoms with van der Waals surface area (Å²) in [7, 11) is 0. The number of rotatable bonds is 12. The van der Waals surface area contributed by atoms with Crippen molar-refractivity contribution in [3.05, 3.63) is 36.4 Å². The average molecular weight is 304 g/mol. The van der Waals surface area contributed by atoms with Crippen molar-refractivity contribution in [2.24, 2.45) is 0 Å². The first kappa shape index (κ1) is 18.6. The van der Waals surface area contributed by atoms with Gasteiger partial charge in [-0.1, -0.05) is 33.3 Å². The van der Waals surface area contributed by atoms with E-state index in [2.05, 4.69) is 25.3 Å². The number of ether oxygens (including phenoxy) is 1. The van der Waals surface area contributed by atoms with Crippen LogP contribution in [0.1, 0.15) is 51.5 Å². The highest BCUT2D eigenvalue weighted by Crippen LogP contribution is 2.15. The topological polar surface area (TPSA) is 38.5 Å². The van der Waals surface area contributed by atoms with E-state index in [1.165, 1.54) is 38.8 Å². The minimum atomic E-state index is 0.720. The second-order valence-electron chi connectivity index (χ2n) is 5.80. The average Bonchev–Trinajstić information content (AvgIpc) is 2.53. The Hall–Kier alpha value is -1.48. The predicted molar refractivity (Wildman–Crippen MR) is 96.7 cm³/mol. The lowest BCUT2D eigenvalue weighted by Gasteiger charge is -2.22. The van der Waals surface area contributed by atoms with E-state index in [-0.39, 0.29) is 0 Å². The molecular weight excluding hydrogens is 272 g/mol. The first-order chi connectivity index (χ1) is 10.7. The lowest BCUT2D eigenvalue weighted by atomic mass is 10.2. The van der Waals surface area contributed by atoms with Gasteiger partial charge in [0.25, 0.3) is 0 Å². The number of nitrogen functional groups attached to an aromatic ring is 1. The van der Waals surface area contributed by atoms with E-state index in [1.54, 1.807) is 0 Å². The molecule has 0 bridgehead atoms. The van der Waals surface area contributed by atoms with Crippen LogP contribution in [0, 0.1) is 0 Å². The highest BCUT2D eigenvalue weighted by molar-refractivity contribution is 5.59. The summed E-state index contributed by atoms with van der Waals surface area (Å²) in [5, 5.41) is 0. The summed E-state index contributed by atoms with van der Waals surface area (Å²) in [6, 6.07) is 7.65. The third-order valence-corrected chi connectivity index (χ3v) is 3.78. The zero-order chi connectivity index (χ0) is 16.2. The van der Waals surface area contributed by atoms with Crippen molar-refractivity contribution in [2.75, 3.05) is 32.0 Å². The van der Waals surface area contributed by atoms with Crippen molar-refractivity contribution < 1.29 is 4.74 Å². The molecule has 0 aliphatic rings. The molecule has 0 fully saturated rings. The standard InChI is InChI=1S/C19H32N2O/c1-4-6-13-21(14-7-5-2)15-8-16-22-17(3)18-9-11-19(20)12-10-18/h9-12H,3-8,13-16,20H2,1-2H3. The van der Waals surface area contributed by atoms with Gasteiger partial charge in [-0.3, -0.25) is 0 Å². The summed E-state index contributed by atoms with van der Waals surface area (Å²) >= 11 is 0. The fraction of sp³-hybridized carbons (Fsp3) is 0.579. The van der Waals surface area contributed by atoms with Gasteiger partial charge in [0.15, 0.2) is 0 Å². The Morgan fingerprint density at radius 1 is 1.00 bits per heavy atom. The van der Waals surface area contributed by atoms with Crippen LogP contribution in [0.25, 0.3) is 5.76 Å². The molecule has 124 valence electrons. The fourth-order valence-corrected chi connectivity index (χ4v) is 2.33. The zero-order valence-electron chi connectivity index (χ0n) is 14.3. The lowest BCUT2D eigenvalue weighted by molar-refractivity contribution is 0.215. The van der Waals surface area contributed by atoms with E-state index in [1.807, 2.05) is 24.3 Å². The van der Waals surface area contributed by atoms with Gasteiger partial charge in [-0.05, 0) is 56.6 Å². The van der Waals surface area contributed by atoms with Gasteiger partial charge in [-0.2, -0.15) is 0 Å². The van der Waals surface area contributed by atoms with E-state index in [0.29, 0.717) is 0 Å². The summed E-state index contributed by atoms with van der Waals surface area (Å²) in [5.74, 6) is 0.730. The van der Waals surface area contributed by atoms with E-state index in [0.717, 1.165) is 36.6 Å². The van der Waals surface area contributed by atoms with Gasteiger partial charge in [0.1, 0.15) is 5.76 Å². The second kappa shape index (κ2) is 11.1. The highest BCUT2D eigenvalue weighted by atomic mass is 16.5. The van der Waals surface area contributed by atoms with Gasteiger partial charge in [0.2, 0.25) is 0 Å². The number of nitrogens with zero attached hydrogens (tertiary/aromatic N) is 1. The molecule has 0 saturated carbocycles. The molecule has 3 heteroatoms. The van der Waals surface area contributed by atoms with Crippen LogP contribution < -0.4 is 5.73 Å². The molecule has 0 aliphatic carbocycles. The molecule has 1 aromatic rings. The van der Waals surface area contributed by atoms with Crippen molar-refractivity contribution in [1.82, 2.24) is 4.90 Å². The Morgan fingerprint density at radius 2 is 1.55 bits per heavy atom. The van der Waals surface area contributed by atoms with Crippen molar-refractivity contribution >= 4 is 11.4 Å². The van der Waals surface area contributed by atoms with Gasteiger partial charge in [-0.25, -0.2) is 0 Å². The van der Waals surface area contributed by atoms with E-state index >= 15 is 0 Å². The maximum absolute atomic E-state index is 5.77. The van der Waals surface area contributed by atoms with Crippen LogP contribution in [0.15, 0.2) is 30.8 Å². The van der Waals surface area contributed by atoms with Gasteiger partial charge in [0, 0.05) is 17.8 Å². The van der Waals surface area contributed by atoms with Crippen LogP contribution >= 0.6 is 0 Å². The van der Waals surface area contributed by atoms with Crippen LogP contribution in [0.2, 0.25) is 0 Å². The van der Waals surface area contributed by atoms with Crippen molar-refractivity contribution in [3.8, 4) is 0 Å². The molecule has 0 saturated heterocycles. The van der Waals surface area contributed by atoms with E-state index in [9.17, 15) is 0 Å². The number of hydrogen-bond donors (Lipinski definition) is 1. The Balaban J connectivity index is 2.26. The molecule has 22 heavy (non-hydrogen) atoms. The summed E-state index contributed by atoms with van der Waals surface area (Å²) in [5.41, 5.74) is 7.45. The van der Waals surface area contributed by atoms with Crippen LogP contribution in [-0.4, -0.2) is 31.1 Å². The molecule has 0 radical (unpaired) electrons. The Kier molecular flexibility index (Phi) is 9.40. The van der Waals surface area contributed by atoms with Crippen molar-refractivity contribution in [3.63, 3.8) is 0 Å². The summed E-state index contributed by atoms with van der Waals surface area (Å²) < 4.78 is 5.77. The highest BCUT2D eigenvalue weighted by Gasteiger charge is 2.05. The third-order valence-electron chi connectivity index (χ3n) is 3.78. The minimum absolute atomic E-state index is 0.720. The van der Waals surface area contributed by atoms with Crippen molar-refractivity contribution in [1.29, 1.82) is 0 Å². The van der Waals surface area contributed by atoms with Gasteiger partial charge in [0.05, 0.1) is 6.61 Å².